The molecule has 0 saturated carbocycles. The number of aryl methyl sites for hydroxylation is 2. The second-order valence-electron chi connectivity index (χ2n) is 8.41. The number of fused-ring (bicyclic) bond motifs is 3. The van der Waals surface area contributed by atoms with Crippen LogP contribution >= 0.6 is 0 Å². The molecule has 0 bridgehead atoms. The monoisotopic (exact) mass is 415 g/mol. The Bertz CT molecular complexity index is 1020. The van der Waals surface area contributed by atoms with Gasteiger partial charge in [-0.2, -0.15) is 0 Å². The van der Waals surface area contributed by atoms with Gasteiger partial charge in [-0.3, -0.25) is 4.79 Å². The van der Waals surface area contributed by atoms with Gasteiger partial charge in [-0.15, -0.1) is 0 Å². The van der Waals surface area contributed by atoms with E-state index in [2.05, 4.69) is 5.32 Å². The zero-order chi connectivity index (χ0) is 22.0. The second kappa shape index (κ2) is 8.90. The van der Waals surface area contributed by atoms with E-state index in [1.165, 1.54) is 0 Å². The topological polar surface area (TPSA) is 106 Å². The first-order valence-electron chi connectivity index (χ1n) is 10.5. The summed E-state index contributed by atoms with van der Waals surface area (Å²) >= 11 is 0. The Morgan fingerprint density at radius 3 is 2.47 bits per heavy atom. The number of carboxylic acid groups (broad SMARTS) is 1. The van der Waals surface area contributed by atoms with E-state index >= 15 is 0 Å². The van der Waals surface area contributed by atoms with Crippen LogP contribution in [0.5, 0.6) is 5.75 Å². The lowest BCUT2D eigenvalue weighted by molar-refractivity contribution is -0.143. The molecule has 0 spiro atoms. The Balaban J connectivity index is 1.83. The molecular formula is C23H29NO6. The standard InChI is InChI=1S/C23H29NO6/c1-12(2)11-18(22(26)27)24-21(25)14(4)29-19-10-9-16-15-7-5-6-8-17(15)23(28)30-20(16)13(19)3/h9-10,12,14,18H,5-8,11H2,1-4H3,(H,24,25)(H,26,27). The van der Waals surface area contributed by atoms with Crippen molar-refractivity contribution in [2.45, 2.75) is 71.9 Å². The van der Waals surface area contributed by atoms with Crippen molar-refractivity contribution in [1.82, 2.24) is 5.32 Å². The van der Waals surface area contributed by atoms with Gasteiger partial charge in [0, 0.05) is 16.5 Å². The lowest BCUT2D eigenvalue weighted by Crippen LogP contribution is -2.46. The molecule has 2 unspecified atom stereocenters. The van der Waals surface area contributed by atoms with Crippen molar-refractivity contribution in [2.75, 3.05) is 0 Å². The molecule has 1 amide bonds. The van der Waals surface area contributed by atoms with E-state index in [4.69, 9.17) is 9.15 Å². The van der Waals surface area contributed by atoms with Gasteiger partial charge >= 0.3 is 11.6 Å². The molecule has 30 heavy (non-hydrogen) atoms. The number of hydrogen-bond donors (Lipinski definition) is 2. The van der Waals surface area contributed by atoms with Crippen LogP contribution in [0.15, 0.2) is 21.3 Å². The molecule has 7 heteroatoms. The summed E-state index contributed by atoms with van der Waals surface area (Å²) in [6.07, 6.45) is 3.05. The summed E-state index contributed by atoms with van der Waals surface area (Å²) in [5.41, 5.74) is 2.63. The van der Waals surface area contributed by atoms with Crippen molar-refractivity contribution in [2.24, 2.45) is 5.92 Å². The van der Waals surface area contributed by atoms with Gasteiger partial charge in [0.05, 0.1) is 0 Å². The van der Waals surface area contributed by atoms with E-state index in [1.807, 2.05) is 19.9 Å². The molecule has 0 saturated heterocycles. The quantitative estimate of drug-likeness (QED) is 0.672. The molecule has 1 aromatic heterocycles. The third-order valence-corrected chi connectivity index (χ3v) is 5.58. The lowest BCUT2D eigenvalue weighted by atomic mass is 9.90. The zero-order valence-electron chi connectivity index (χ0n) is 17.9. The van der Waals surface area contributed by atoms with Gasteiger partial charge in [0.1, 0.15) is 17.4 Å². The van der Waals surface area contributed by atoms with E-state index in [0.29, 0.717) is 23.3 Å². The Hall–Kier alpha value is -2.83. The molecule has 162 valence electrons. The number of carbonyl (C=O) groups is 2. The number of ether oxygens (including phenoxy) is 1. The maximum absolute atomic E-state index is 12.5. The summed E-state index contributed by atoms with van der Waals surface area (Å²) in [7, 11) is 0. The maximum Gasteiger partial charge on any atom is 0.339 e. The molecule has 0 radical (unpaired) electrons. The number of aliphatic carboxylic acids is 1. The van der Waals surface area contributed by atoms with Gasteiger partial charge in [-0.1, -0.05) is 13.8 Å². The number of nitrogens with one attached hydrogen (secondary N) is 1. The van der Waals surface area contributed by atoms with Crippen LogP contribution in [0.4, 0.5) is 0 Å². The normalized spacial score (nSPS) is 15.5. The van der Waals surface area contributed by atoms with Crippen LogP contribution in [0, 0.1) is 12.8 Å². The lowest BCUT2D eigenvalue weighted by Gasteiger charge is -2.21. The minimum Gasteiger partial charge on any atom is -0.480 e. The molecule has 1 aliphatic rings. The second-order valence-corrected chi connectivity index (χ2v) is 8.41. The van der Waals surface area contributed by atoms with Crippen LogP contribution in [0.3, 0.4) is 0 Å². The summed E-state index contributed by atoms with van der Waals surface area (Å²) in [4.78, 5) is 36.3. The highest BCUT2D eigenvalue weighted by Crippen LogP contribution is 2.32. The highest BCUT2D eigenvalue weighted by molar-refractivity contribution is 5.88. The van der Waals surface area contributed by atoms with Gasteiger partial charge < -0.3 is 19.6 Å². The maximum atomic E-state index is 12.5. The molecule has 2 aromatic rings. The highest BCUT2D eigenvalue weighted by Gasteiger charge is 2.26. The summed E-state index contributed by atoms with van der Waals surface area (Å²) in [6.45, 7) is 7.15. The fourth-order valence-electron chi connectivity index (χ4n) is 3.98. The van der Waals surface area contributed by atoms with Crippen LogP contribution in [-0.2, 0) is 22.4 Å². The molecular weight excluding hydrogens is 386 g/mol. The summed E-state index contributed by atoms with van der Waals surface area (Å²) in [5.74, 6) is -1.02. The Morgan fingerprint density at radius 1 is 1.17 bits per heavy atom. The summed E-state index contributed by atoms with van der Waals surface area (Å²) in [5, 5.41) is 12.8. The largest absolute Gasteiger partial charge is 0.480 e. The fraction of sp³-hybridized carbons (Fsp3) is 0.522. The molecule has 0 aliphatic heterocycles. The van der Waals surface area contributed by atoms with Crippen LogP contribution in [-0.4, -0.2) is 29.1 Å². The van der Waals surface area contributed by atoms with Gasteiger partial charge in [0.15, 0.2) is 6.10 Å². The first-order valence-corrected chi connectivity index (χ1v) is 10.5. The van der Waals surface area contributed by atoms with Crippen molar-refractivity contribution in [3.63, 3.8) is 0 Å². The minimum absolute atomic E-state index is 0.124. The molecule has 3 rings (SSSR count). The van der Waals surface area contributed by atoms with Crippen LogP contribution in [0.25, 0.3) is 11.0 Å². The Labute approximate surface area is 175 Å². The first kappa shape index (κ1) is 21.9. The Morgan fingerprint density at radius 2 is 1.83 bits per heavy atom. The number of hydrogen-bond acceptors (Lipinski definition) is 5. The molecule has 1 aliphatic carbocycles. The van der Waals surface area contributed by atoms with Crippen molar-refractivity contribution < 1.29 is 23.8 Å². The fourth-order valence-corrected chi connectivity index (χ4v) is 3.98. The summed E-state index contributed by atoms with van der Waals surface area (Å²) in [6, 6.07) is 2.68. The van der Waals surface area contributed by atoms with Gasteiger partial charge in [-0.25, -0.2) is 9.59 Å². The average molecular weight is 415 g/mol. The van der Waals surface area contributed by atoms with Crippen LogP contribution in [0.1, 0.15) is 56.7 Å². The highest BCUT2D eigenvalue weighted by atomic mass is 16.5. The predicted octanol–water partition coefficient (Wildman–Crippen LogP) is 3.36. The number of amides is 1. The Kier molecular flexibility index (Phi) is 6.48. The summed E-state index contributed by atoms with van der Waals surface area (Å²) < 4.78 is 11.4. The van der Waals surface area contributed by atoms with Gasteiger partial charge in [0.25, 0.3) is 5.91 Å². The van der Waals surface area contributed by atoms with Crippen molar-refractivity contribution in [3.8, 4) is 5.75 Å². The molecule has 7 nitrogen and oxygen atoms in total. The first-order chi connectivity index (χ1) is 14.2. The third-order valence-electron chi connectivity index (χ3n) is 5.58. The molecule has 2 N–H and O–H groups in total. The van der Waals surface area contributed by atoms with E-state index in [0.717, 1.165) is 42.2 Å². The zero-order valence-corrected chi connectivity index (χ0v) is 17.9. The average Bonchev–Trinajstić information content (AvgIpc) is 2.69. The minimum atomic E-state index is -1.07. The van der Waals surface area contributed by atoms with Crippen LogP contribution in [0.2, 0.25) is 0 Å². The number of benzene rings is 1. The predicted molar refractivity (Wildman–Crippen MR) is 113 cm³/mol. The van der Waals surface area contributed by atoms with Crippen molar-refractivity contribution >= 4 is 22.8 Å². The van der Waals surface area contributed by atoms with Crippen LogP contribution < -0.4 is 15.7 Å². The third kappa shape index (κ3) is 4.50. The van der Waals surface area contributed by atoms with Gasteiger partial charge in [-0.05, 0) is 69.6 Å². The van der Waals surface area contributed by atoms with Gasteiger partial charge in [0.2, 0.25) is 0 Å². The van der Waals surface area contributed by atoms with E-state index in [1.54, 1.807) is 19.9 Å². The molecule has 0 fully saturated rings. The number of rotatable bonds is 7. The molecule has 2 atom stereocenters. The smallest absolute Gasteiger partial charge is 0.339 e. The van der Waals surface area contributed by atoms with Crippen molar-refractivity contribution in [3.05, 3.63) is 39.2 Å². The number of carbonyl (C=O) groups excluding carboxylic acids is 1. The van der Waals surface area contributed by atoms with Crippen molar-refractivity contribution in [1.29, 1.82) is 0 Å². The SMILES string of the molecule is Cc1c(OC(C)C(=O)NC(CC(C)C)C(=O)O)ccc2c3c(c(=O)oc12)CCCC3. The molecule has 1 aromatic carbocycles. The number of carboxylic acids is 1. The molecule has 1 heterocycles. The van der Waals surface area contributed by atoms with E-state index < -0.39 is 24.0 Å². The van der Waals surface area contributed by atoms with E-state index in [-0.39, 0.29) is 11.5 Å². The van der Waals surface area contributed by atoms with E-state index in [9.17, 15) is 19.5 Å².